The third-order valence-corrected chi connectivity index (χ3v) is 4.91. The first-order chi connectivity index (χ1) is 9.04. The number of carbonyl (C=O) groups is 1. The van der Waals surface area contributed by atoms with Crippen molar-refractivity contribution in [2.45, 2.75) is 63.5 Å². The molecule has 110 valence electrons. The second-order valence-corrected chi connectivity index (χ2v) is 6.49. The minimum atomic E-state index is -0.164. The third-order valence-electron chi connectivity index (χ3n) is 4.91. The molecule has 1 saturated carbocycles. The van der Waals surface area contributed by atoms with Crippen LogP contribution in [-0.2, 0) is 9.53 Å². The number of methoxy groups -OCH3 is 1. The molecule has 2 aliphatic rings. The standard InChI is InChI=1S/C15H28N2O2/c1-15(19-2)8-5-9-17(11-15)14(18)10-12-6-3-4-7-13(12)16/h12-13H,3-11,16H2,1-2H3. The number of nitrogens with two attached hydrogens (primary N) is 1. The van der Waals surface area contributed by atoms with E-state index < -0.39 is 0 Å². The van der Waals surface area contributed by atoms with Gasteiger partial charge in [0.05, 0.1) is 5.60 Å². The van der Waals surface area contributed by atoms with Crippen molar-refractivity contribution < 1.29 is 9.53 Å². The smallest absolute Gasteiger partial charge is 0.223 e. The normalized spacial score (nSPS) is 36.3. The lowest BCUT2D eigenvalue weighted by molar-refractivity contribution is -0.140. The zero-order valence-electron chi connectivity index (χ0n) is 12.4. The highest BCUT2D eigenvalue weighted by molar-refractivity contribution is 5.76. The van der Waals surface area contributed by atoms with Crippen LogP contribution in [0.2, 0.25) is 0 Å². The van der Waals surface area contributed by atoms with Crippen LogP contribution in [0, 0.1) is 5.92 Å². The fraction of sp³-hybridized carbons (Fsp3) is 0.933. The first kappa shape index (κ1) is 14.8. The van der Waals surface area contributed by atoms with Gasteiger partial charge in [-0.05, 0) is 38.5 Å². The number of hydrogen-bond donors (Lipinski definition) is 1. The van der Waals surface area contributed by atoms with E-state index in [9.17, 15) is 4.79 Å². The van der Waals surface area contributed by atoms with Gasteiger partial charge in [0.25, 0.3) is 0 Å². The molecule has 1 aliphatic heterocycles. The maximum atomic E-state index is 12.4. The van der Waals surface area contributed by atoms with Crippen molar-refractivity contribution in [3.63, 3.8) is 0 Å². The van der Waals surface area contributed by atoms with Crippen molar-refractivity contribution in [3.05, 3.63) is 0 Å². The van der Waals surface area contributed by atoms with E-state index >= 15 is 0 Å². The van der Waals surface area contributed by atoms with Crippen LogP contribution in [-0.4, -0.2) is 42.6 Å². The molecule has 0 aromatic rings. The van der Waals surface area contributed by atoms with Gasteiger partial charge in [0.15, 0.2) is 0 Å². The second-order valence-electron chi connectivity index (χ2n) is 6.49. The number of piperidine rings is 1. The zero-order valence-corrected chi connectivity index (χ0v) is 12.4. The molecule has 2 N–H and O–H groups in total. The van der Waals surface area contributed by atoms with E-state index in [4.69, 9.17) is 10.5 Å². The minimum Gasteiger partial charge on any atom is -0.377 e. The van der Waals surface area contributed by atoms with Crippen LogP contribution in [0.15, 0.2) is 0 Å². The fourth-order valence-corrected chi connectivity index (χ4v) is 3.43. The lowest BCUT2D eigenvalue weighted by Crippen LogP contribution is -2.50. The maximum absolute atomic E-state index is 12.4. The predicted molar refractivity (Wildman–Crippen MR) is 75.8 cm³/mol. The Morgan fingerprint density at radius 1 is 1.37 bits per heavy atom. The summed E-state index contributed by atoms with van der Waals surface area (Å²) in [5.41, 5.74) is 5.98. The number of ether oxygens (including phenoxy) is 1. The summed E-state index contributed by atoms with van der Waals surface area (Å²) < 4.78 is 5.55. The van der Waals surface area contributed by atoms with Crippen LogP contribution in [0.1, 0.15) is 51.9 Å². The van der Waals surface area contributed by atoms with E-state index in [2.05, 4.69) is 6.92 Å². The lowest BCUT2D eigenvalue weighted by Gasteiger charge is -2.40. The van der Waals surface area contributed by atoms with Gasteiger partial charge < -0.3 is 15.4 Å². The number of nitrogens with zero attached hydrogens (tertiary/aromatic N) is 1. The second kappa shape index (κ2) is 6.23. The molecule has 0 aromatic heterocycles. The Kier molecular flexibility index (Phi) is 4.85. The van der Waals surface area contributed by atoms with E-state index in [0.717, 1.165) is 38.8 Å². The summed E-state index contributed by atoms with van der Waals surface area (Å²) in [6, 6.07) is 0.219. The summed E-state index contributed by atoms with van der Waals surface area (Å²) in [4.78, 5) is 14.4. The Labute approximate surface area is 116 Å². The highest BCUT2D eigenvalue weighted by Crippen LogP contribution is 2.28. The molecule has 0 bridgehead atoms. The molecule has 1 aliphatic carbocycles. The molecular weight excluding hydrogens is 240 g/mol. The Balaban J connectivity index is 1.88. The lowest BCUT2D eigenvalue weighted by atomic mass is 9.82. The Bertz CT molecular complexity index is 321. The SMILES string of the molecule is COC1(C)CCCN(C(=O)CC2CCCCC2N)C1. The molecule has 0 radical (unpaired) electrons. The van der Waals surface area contributed by atoms with Crippen LogP contribution in [0.3, 0.4) is 0 Å². The molecule has 1 heterocycles. The van der Waals surface area contributed by atoms with E-state index in [1.807, 2.05) is 4.90 Å². The van der Waals surface area contributed by atoms with Crippen molar-refractivity contribution in [2.24, 2.45) is 11.7 Å². The summed E-state index contributed by atoms with van der Waals surface area (Å²) in [5, 5.41) is 0. The Hall–Kier alpha value is -0.610. The molecule has 4 heteroatoms. The molecule has 1 saturated heterocycles. The van der Waals surface area contributed by atoms with Gasteiger partial charge in [0, 0.05) is 32.7 Å². The molecular formula is C15H28N2O2. The number of rotatable bonds is 3. The zero-order chi connectivity index (χ0) is 13.9. The summed E-state index contributed by atoms with van der Waals surface area (Å²) in [6.07, 6.45) is 7.33. The van der Waals surface area contributed by atoms with E-state index in [1.165, 1.54) is 12.8 Å². The molecule has 2 fully saturated rings. The van der Waals surface area contributed by atoms with Crippen LogP contribution in [0.25, 0.3) is 0 Å². The van der Waals surface area contributed by atoms with Gasteiger partial charge in [-0.1, -0.05) is 12.8 Å². The van der Waals surface area contributed by atoms with Crippen molar-refractivity contribution in [3.8, 4) is 0 Å². The molecule has 19 heavy (non-hydrogen) atoms. The highest BCUT2D eigenvalue weighted by Gasteiger charge is 2.34. The summed E-state index contributed by atoms with van der Waals surface area (Å²) in [7, 11) is 1.74. The molecule has 4 nitrogen and oxygen atoms in total. The van der Waals surface area contributed by atoms with E-state index in [0.29, 0.717) is 12.3 Å². The van der Waals surface area contributed by atoms with Crippen LogP contribution < -0.4 is 5.73 Å². The highest BCUT2D eigenvalue weighted by atomic mass is 16.5. The van der Waals surface area contributed by atoms with Gasteiger partial charge in [-0.2, -0.15) is 0 Å². The topological polar surface area (TPSA) is 55.6 Å². The van der Waals surface area contributed by atoms with Crippen molar-refractivity contribution >= 4 is 5.91 Å². The summed E-state index contributed by atoms with van der Waals surface area (Å²) >= 11 is 0. The van der Waals surface area contributed by atoms with E-state index in [1.54, 1.807) is 7.11 Å². The van der Waals surface area contributed by atoms with Gasteiger partial charge in [-0.3, -0.25) is 4.79 Å². The van der Waals surface area contributed by atoms with E-state index in [-0.39, 0.29) is 17.6 Å². The largest absolute Gasteiger partial charge is 0.377 e. The third kappa shape index (κ3) is 3.69. The first-order valence-electron chi connectivity index (χ1n) is 7.62. The van der Waals surface area contributed by atoms with Crippen LogP contribution >= 0.6 is 0 Å². The quantitative estimate of drug-likeness (QED) is 0.851. The number of likely N-dealkylation sites (tertiary alicyclic amines) is 1. The number of carbonyl (C=O) groups excluding carboxylic acids is 1. The molecule has 3 atom stereocenters. The Morgan fingerprint density at radius 3 is 2.79 bits per heavy atom. The van der Waals surface area contributed by atoms with Gasteiger partial charge in [0.2, 0.25) is 5.91 Å². The number of hydrogen-bond acceptors (Lipinski definition) is 3. The van der Waals surface area contributed by atoms with Gasteiger partial charge in [0.1, 0.15) is 0 Å². The average Bonchev–Trinajstić information content (AvgIpc) is 2.41. The average molecular weight is 268 g/mol. The Morgan fingerprint density at radius 2 is 2.11 bits per heavy atom. The van der Waals surface area contributed by atoms with Crippen LogP contribution in [0.4, 0.5) is 0 Å². The predicted octanol–water partition coefficient (Wildman–Crippen LogP) is 1.92. The van der Waals surface area contributed by atoms with Crippen molar-refractivity contribution in [1.82, 2.24) is 4.90 Å². The summed E-state index contributed by atoms with van der Waals surface area (Å²) in [5.74, 6) is 0.655. The monoisotopic (exact) mass is 268 g/mol. The summed E-state index contributed by atoms with van der Waals surface area (Å²) in [6.45, 7) is 3.70. The van der Waals surface area contributed by atoms with Crippen LogP contribution in [0.5, 0.6) is 0 Å². The van der Waals surface area contributed by atoms with Gasteiger partial charge in [-0.25, -0.2) is 0 Å². The maximum Gasteiger partial charge on any atom is 0.223 e. The molecule has 1 amide bonds. The molecule has 0 aromatic carbocycles. The molecule has 3 unspecified atom stereocenters. The fourth-order valence-electron chi connectivity index (χ4n) is 3.43. The van der Waals surface area contributed by atoms with Gasteiger partial charge >= 0.3 is 0 Å². The van der Waals surface area contributed by atoms with Crippen molar-refractivity contribution in [1.29, 1.82) is 0 Å². The molecule has 2 rings (SSSR count). The molecule has 0 spiro atoms. The van der Waals surface area contributed by atoms with Crippen molar-refractivity contribution in [2.75, 3.05) is 20.2 Å². The minimum absolute atomic E-state index is 0.164. The number of amides is 1. The van der Waals surface area contributed by atoms with Gasteiger partial charge in [-0.15, -0.1) is 0 Å². The first-order valence-corrected chi connectivity index (χ1v) is 7.62.